The molecule has 0 atom stereocenters. The minimum absolute atomic E-state index is 0.279. The van der Waals surface area contributed by atoms with E-state index < -0.39 is 30.3 Å². The number of halogens is 6. The number of ether oxygens (including phenoxy) is 1. The van der Waals surface area contributed by atoms with Crippen LogP contribution in [0.2, 0.25) is 0 Å². The van der Waals surface area contributed by atoms with Gasteiger partial charge in [-0.3, -0.25) is 4.79 Å². The molecule has 0 bridgehead atoms. The Morgan fingerprint density at radius 1 is 0.773 bits per heavy atom. The molecule has 0 unspecified atom stereocenters. The molecule has 0 aromatic rings. The van der Waals surface area contributed by atoms with E-state index in [9.17, 15) is 31.1 Å². The zero-order valence-electron chi connectivity index (χ0n) is 12.1. The van der Waals surface area contributed by atoms with Crippen LogP contribution in [0.3, 0.4) is 0 Å². The molecule has 130 valence electrons. The van der Waals surface area contributed by atoms with E-state index in [1.165, 1.54) is 0 Å². The van der Waals surface area contributed by atoms with Gasteiger partial charge in [0.25, 0.3) is 6.10 Å². The SMILES string of the molecule is O=C(OC(C(F)(F)F)C(F)(F)F)C1CCCCCCCCC1. The minimum Gasteiger partial charge on any atom is -0.443 e. The van der Waals surface area contributed by atoms with E-state index in [0.29, 0.717) is 12.8 Å². The lowest BCUT2D eigenvalue weighted by atomic mass is 9.92. The molecule has 22 heavy (non-hydrogen) atoms. The maximum atomic E-state index is 12.4. The van der Waals surface area contributed by atoms with Crippen LogP contribution in [0.1, 0.15) is 57.8 Å². The quantitative estimate of drug-likeness (QED) is 0.515. The van der Waals surface area contributed by atoms with E-state index in [-0.39, 0.29) is 12.8 Å². The van der Waals surface area contributed by atoms with Crippen LogP contribution < -0.4 is 0 Å². The molecule has 0 radical (unpaired) electrons. The second-order valence-corrected chi connectivity index (χ2v) is 5.65. The lowest BCUT2D eigenvalue weighted by molar-refractivity contribution is -0.314. The first-order chi connectivity index (χ1) is 10.1. The highest BCUT2D eigenvalue weighted by Crippen LogP contribution is 2.36. The van der Waals surface area contributed by atoms with Gasteiger partial charge in [0.15, 0.2) is 0 Å². The summed E-state index contributed by atoms with van der Waals surface area (Å²) in [6.07, 6.45) is -8.90. The van der Waals surface area contributed by atoms with Gasteiger partial charge in [-0.2, -0.15) is 26.3 Å². The Hall–Kier alpha value is -0.950. The molecule has 2 nitrogen and oxygen atoms in total. The predicted molar refractivity (Wildman–Crippen MR) is 67.0 cm³/mol. The van der Waals surface area contributed by atoms with Crippen LogP contribution in [0.25, 0.3) is 0 Å². The van der Waals surface area contributed by atoms with E-state index in [2.05, 4.69) is 4.74 Å². The predicted octanol–water partition coefficient (Wildman–Crippen LogP) is 5.16. The van der Waals surface area contributed by atoms with Crippen molar-refractivity contribution in [3.63, 3.8) is 0 Å². The summed E-state index contributed by atoms with van der Waals surface area (Å²) < 4.78 is 78.3. The van der Waals surface area contributed by atoms with Crippen molar-refractivity contribution in [2.75, 3.05) is 0 Å². The highest BCUT2D eigenvalue weighted by atomic mass is 19.4. The van der Waals surface area contributed by atoms with Crippen molar-refractivity contribution in [3.05, 3.63) is 0 Å². The first-order valence-corrected chi connectivity index (χ1v) is 7.46. The lowest BCUT2D eigenvalue weighted by Gasteiger charge is -2.25. The smallest absolute Gasteiger partial charge is 0.434 e. The average molecular weight is 334 g/mol. The third-order valence-electron chi connectivity index (χ3n) is 3.77. The minimum atomic E-state index is -5.65. The standard InChI is InChI=1S/C14H20F6O2/c15-13(16,17)12(14(18,19)20)22-11(21)10-8-6-4-2-1-3-5-7-9-10/h10,12H,1-9H2. The number of carbonyl (C=O) groups excluding carboxylic acids is 1. The fraction of sp³-hybridized carbons (Fsp3) is 0.929. The van der Waals surface area contributed by atoms with Crippen molar-refractivity contribution in [2.24, 2.45) is 5.92 Å². The number of hydrogen-bond donors (Lipinski definition) is 0. The molecule has 1 saturated carbocycles. The Morgan fingerprint density at radius 2 is 1.14 bits per heavy atom. The average Bonchev–Trinajstić information content (AvgIpc) is 2.39. The second kappa shape index (κ2) is 8.06. The Balaban J connectivity index is 2.69. The molecular formula is C14H20F6O2. The van der Waals surface area contributed by atoms with Gasteiger partial charge in [-0.25, -0.2) is 0 Å². The maximum absolute atomic E-state index is 12.4. The van der Waals surface area contributed by atoms with Gasteiger partial charge in [0.05, 0.1) is 5.92 Å². The number of alkyl halides is 6. The molecule has 0 aromatic heterocycles. The third-order valence-corrected chi connectivity index (χ3v) is 3.77. The van der Waals surface area contributed by atoms with Crippen LogP contribution >= 0.6 is 0 Å². The highest BCUT2D eigenvalue weighted by Gasteiger charge is 2.60. The Kier molecular flexibility index (Phi) is 6.99. The molecule has 0 N–H and O–H groups in total. The van der Waals surface area contributed by atoms with E-state index in [1.54, 1.807) is 0 Å². The van der Waals surface area contributed by atoms with Crippen molar-refractivity contribution in [1.29, 1.82) is 0 Å². The topological polar surface area (TPSA) is 26.3 Å². The van der Waals surface area contributed by atoms with Crippen molar-refractivity contribution in [1.82, 2.24) is 0 Å². The van der Waals surface area contributed by atoms with Gasteiger partial charge in [-0.05, 0) is 12.8 Å². The molecule has 1 rings (SSSR count). The van der Waals surface area contributed by atoms with Crippen LogP contribution in [0.5, 0.6) is 0 Å². The summed E-state index contributed by atoms with van der Waals surface area (Å²) in [5, 5.41) is 0. The van der Waals surface area contributed by atoms with Gasteiger partial charge in [-0.15, -0.1) is 0 Å². The lowest BCUT2D eigenvalue weighted by Crippen LogP contribution is -2.46. The summed E-state index contributed by atoms with van der Waals surface area (Å²) in [7, 11) is 0. The molecule has 0 aromatic carbocycles. The zero-order chi connectivity index (χ0) is 16.8. The Labute approximate surface area is 125 Å². The van der Waals surface area contributed by atoms with Gasteiger partial charge in [0.1, 0.15) is 0 Å². The summed E-state index contributed by atoms with van der Waals surface area (Å²) in [4.78, 5) is 11.7. The largest absolute Gasteiger partial charge is 0.443 e. The van der Waals surface area contributed by atoms with Gasteiger partial charge in [-0.1, -0.05) is 44.9 Å². The number of rotatable bonds is 2. The number of esters is 1. The van der Waals surface area contributed by atoms with Crippen LogP contribution in [0.4, 0.5) is 26.3 Å². The fourth-order valence-electron chi connectivity index (χ4n) is 2.58. The first-order valence-electron chi connectivity index (χ1n) is 7.46. The van der Waals surface area contributed by atoms with Gasteiger partial charge in [0.2, 0.25) is 0 Å². The van der Waals surface area contributed by atoms with Crippen molar-refractivity contribution >= 4 is 5.97 Å². The summed E-state index contributed by atoms with van der Waals surface area (Å²) in [5.41, 5.74) is 0. The summed E-state index contributed by atoms with van der Waals surface area (Å²) >= 11 is 0. The molecule has 0 spiro atoms. The maximum Gasteiger partial charge on any atom is 0.434 e. The van der Waals surface area contributed by atoms with Crippen LogP contribution in [0.15, 0.2) is 0 Å². The molecule has 1 aliphatic rings. The highest BCUT2D eigenvalue weighted by molar-refractivity contribution is 5.72. The Morgan fingerprint density at radius 3 is 1.50 bits per heavy atom. The van der Waals surface area contributed by atoms with E-state index in [0.717, 1.165) is 32.1 Å². The van der Waals surface area contributed by atoms with E-state index in [1.807, 2.05) is 0 Å². The zero-order valence-corrected chi connectivity index (χ0v) is 12.1. The normalized spacial score (nSPS) is 20.0. The molecule has 1 fully saturated rings. The third kappa shape index (κ3) is 6.44. The molecule has 0 heterocycles. The monoisotopic (exact) mass is 334 g/mol. The van der Waals surface area contributed by atoms with Crippen LogP contribution in [0, 0.1) is 5.92 Å². The van der Waals surface area contributed by atoms with Gasteiger partial charge in [0, 0.05) is 0 Å². The molecule has 1 aliphatic carbocycles. The molecular weight excluding hydrogens is 314 g/mol. The first kappa shape index (κ1) is 19.1. The number of carbonyl (C=O) groups is 1. The molecule has 0 saturated heterocycles. The van der Waals surface area contributed by atoms with Gasteiger partial charge < -0.3 is 4.74 Å². The second-order valence-electron chi connectivity index (χ2n) is 5.65. The molecule has 0 aliphatic heterocycles. The summed E-state index contributed by atoms with van der Waals surface area (Å²) in [5.74, 6) is -2.27. The fourth-order valence-corrected chi connectivity index (χ4v) is 2.58. The van der Waals surface area contributed by atoms with Crippen LogP contribution in [-0.4, -0.2) is 24.4 Å². The van der Waals surface area contributed by atoms with Crippen molar-refractivity contribution in [3.8, 4) is 0 Å². The summed E-state index contributed by atoms with van der Waals surface area (Å²) in [6.45, 7) is 0. The van der Waals surface area contributed by atoms with Crippen molar-refractivity contribution in [2.45, 2.75) is 76.2 Å². The molecule has 8 heteroatoms. The summed E-state index contributed by atoms with van der Waals surface area (Å²) in [6, 6.07) is 0. The molecule has 0 amide bonds. The number of hydrogen-bond acceptors (Lipinski definition) is 2. The van der Waals surface area contributed by atoms with Crippen molar-refractivity contribution < 1.29 is 35.9 Å². The Bertz CT molecular complexity index is 326. The van der Waals surface area contributed by atoms with E-state index >= 15 is 0 Å². The van der Waals surface area contributed by atoms with Crippen LogP contribution in [-0.2, 0) is 9.53 Å². The van der Waals surface area contributed by atoms with E-state index in [4.69, 9.17) is 0 Å². The van der Waals surface area contributed by atoms with Gasteiger partial charge >= 0.3 is 18.3 Å².